The van der Waals surface area contributed by atoms with Crippen molar-refractivity contribution in [2.24, 2.45) is 0 Å². The van der Waals surface area contributed by atoms with Crippen LogP contribution in [0.25, 0.3) is 16.6 Å². The minimum atomic E-state index is 0.104. The molecule has 1 aromatic carbocycles. The zero-order valence-electron chi connectivity index (χ0n) is 11.1. The van der Waals surface area contributed by atoms with Gasteiger partial charge in [-0.05, 0) is 37.1 Å². The summed E-state index contributed by atoms with van der Waals surface area (Å²) in [5.41, 5.74) is 3.52. The van der Waals surface area contributed by atoms with E-state index >= 15 is 0 Å². The summed E-state index contributed by atoms with van der Waals surface area (Å²) in [6.07, 6.45) is 6.03. The van der Waals surface area contributed by atoms with Crippen LogP contribution in [0.15, 0.2) is 42.7 Å². The normalized spacial score (nSPS) is 15.3. The first kappa shape index (κ1) is 11.5. The van der Waals surface area contributed by atoms with E-state index in [2.05, 4.69) is 9.38 Å². The van der Waals surface area contributed by atoms with Crippen LogP contribution in [0.4, 0.5) is 0 Å². The molecule has 0 spiro atoms. The maximum Gasteiger partial charge on any atom is 0.256 e. The average molecular weight is 265 g/mol. The molecule has 4 nitrogen and oxygen atoms in total. The lowest BCUT2D eigenvalue weighted by Gasteiger charge is -2.16. The largest absolute Gasteiger partial charge is 0.339 e. The summed E-state index contributed by atoms with van der Waals surface area (Å²) in [7, 11) is 0. The molecule has 0 aliphatic carbocycles. The predicted octanol–water partition coefficient (Wildman–Crippen LogP) is 2.72. The zero-order valence-corrected chi connectivity index (χ0v) is 11.1. The van der Waals surface area contributed by atoms with Crippen LogP contribution in [-0.2, 0) is 0 Å². The number of nitrogens with zero attached hydrogens (tertiary/aromatic N) is 3. The van der Waals surface area contributed by atoms with Gasteiger partial charge in [0.2, 0.25) is 0 Å². The molecule has 0 bridgehead atoms. The summed E-state index contributed by atoms with van der Waals surface area (Å²) < 4.78 is 2.07. The van der Waals surface area contributed by atoms with E-state index in [1.807, 2.05) is 47.6 Å². The molecule has 0 saturated carbocycles. The van der Waals surface area contributed by atoms with Crippen molar-refractivity contribution in [1.82, 2.24) is 14.3 Å². The van der Waals surface area contributed by atoms with Crippen molar-refractivity contribution in [3.05, 3.63) is 48.3 Å². The van der Waals surface area contributed by atoms with E-state index in [1.54, 1.807) is 0 Å². The van der Waals surface area contributed by atoms with E-state index < -0.39 is 0 Å². The lowest BCUT2D eigenvalue weighted by atomic mass is 10.1. The number of rotatable bonds is 1. The van der Waals surface area contributed by atoms with E-state index in [9.17, 15) is 4.79 Å². The molecule has 2 aromatic heterocycles. The number of benzene rings is 1. The van der Waals surface area contributed by atoms with E-state index in [-0.39, 0.29) is 5.91 Å². The molecule has 1 aliphatic heterocycles. The smallest absolute Gasteiger partial charge is 0.256 e. The van der Waals surface area contributed by atoms with Crippen LogP contribution in [-0.4, -0.2) is 33.3 Å². The van der Waals surface area contributed by atoms with Crippen LogP contribution in [0.3, 0.4) is 0 Å². The third-order valence-electron chi connectivity index (χ3n) is 4.00. The van der Waals surface area contributed by atoms with Gasteiger partial charge in [0.15, 0.2) is 0 Å². The fourth-order valence-electron chi connectivity index (χ4n) is 2.97. The molecule has 4 rings (SSSR count). The van der Waals surface area contributed by atoms with Crippen molar-refractivity contribution in [3.63, 3.8) is 0 Å². The summed E-state index contributed by atoms with van der Waals surface area (Å²) in [4.78, 5) is 19.0. The highest BCUT2D eigenvalue weighted by Crippen LogP contribution is 2.21. The summed E-state index contributed by atoms with van der Waals surface area (Å²) in [6, 6.07) is 9.83. The van der Waals surface area contributed by atoms with Crippen LogP contribution in [0, 0.1) is 0 Å². The average Bonchev–Trinajstić information content (AvgIpc) is 3.16. The highest BCUT2D eigenvalue weighted by Gasteiger charge is 2.21. The Labute approximate surface area is 116 Å². The third kappa shape index (κ3) is 1.61. The lowest BCUT2D eigenvalue weighted by molar-refractivity contribution is 0.0794. The van der Waals surface area contributed by atoms with Gasteiger partial charge in [0.05, 0.1) is 28.3 Å². The minimum Gasteiger partial charge on any atom is -0.339 e. The first-order chi connectivity index (χ1) is 9.84. The summed E-state index contributed by atoms with van der Waals surface area (Å²) in [5, 5.41) is 0. The molecule has 3 heterocycles. The Bertz CT molecular complexity index is 800. The lowest BCUT2D eigenvalue weighted by Crippen LogP contribution is -2.27. The summed E-state index contributed by atoms with van der Waals surface area (Å²) in [6.45, 7) is 1.72. The van der Waals surface area contributed by atoms with Crippen LogP contribution >= 0.6 is 0 Å². The van der Waals surface area contributed by atoms with Crippen LogP contribution in [0.1, 0.15) is 23.2 Å². The SMILES string of the molecule is O=C(c1cccc2c1ncc1cccn12)N1CCCC1. The van der Waals surface area contributed by atoms with E-state index in [4.69, 9.17) is 0 Å². The predicted molar refractivity (Wildman–Crippen MR) is 77.8 cm³/mol. The van der Waals surface area contributed by atoms with Gasteiger partial charge in [-0.1, -0.05) is 6.07 Å². The number of carbonyl (C=O) groups is 1. The maximum atomic E-state index is 12.6. The standard InChI is InChI=1S/C16H15N3O/c20-16(18-8-1-2-9-18)13-6-3-7-14-15(13)17-11-12-5-4-10-19(12)14/h3-7,10-11H,1-2,8-9H2. The molecule has 100 valence electrons. The van der Waals surface area contributed by atoms with Gasteiger partial charge >= 0.3 is 0 Å². The Balaban J connectivity index is 1.93. The molecular weight excluding hydrogens is 250 g/mol. The Morgan fingerprint density at radius 2 is 1.95 bits per heavy atom. The number of aromatic nitrogens is 2. The second-order valence-electron chi connectivity index (χ2n) is 5.23. The Morgan fingerprint density at radius 1 is 1.10 bits per heavy atom. The summed E-state index contributed by atoms with van der Waals surface area (Å²) >= 11 is 0. The molecule has 1 saturated heterocycles. The fraction of sp³-hybridized carbons (Fsp3) is 0.250. The number of para-hydroxylation sites is 1. The number of fused-ring (bicyclic) bond motifs is 3. The van der Waals surface area contributed by atoms with Crippen molar-refractivity contribution in [3.8, 4) is 0 Å². The fourth-order valence-corrected chi connectivity index (χ4v) is 2.97. The number of carbonyl (C=O) groups excluding carboxylic acids is 1. The minimum absolute atomic E-state index is 0.104. The van der Waals surface area contributed by atoms with E-state index in [0.717, 1.165) is 42.5 Å². The van der Waals surface area contributed by atoms with Crippen LogP contribution < -0.4 is 0 Å². The van der Waals surface area contributed by atoms with Gasteiger partial charge < -0.3 is 9.30 Å². The van der Waals surface area contributed by atoms with Crippen molar-refractivity contribution in [2.75, 3.05) is 13.1 Å². The van der Waals surface area contributed by atoms with E-state index in [0.29, 0.717) is 5.56 Å². The third-order valence-corrected chi connectivity index (χ3v) is 4.00. The van der Waals surface area contributed by atoms with Crippen molar-refractivity contribution < 1.29 is 4.79 Å². The molecule has 1 fully saturated rings. The molecule has 20 heavy (non-hydrogen) atoms. The van der Waals surface area contributed by atoms with E-state index in [1.165, 1.54) is 0 Å². The number of amides is 1. The molecular formula is C16H15N3O. The second kappa shape index (κ2) is 4.34. The first-order valence-corrected chi connectivity index (χ1v) is 6.99. The van der Waals surface area contributed by atoms with Crippen molar-refractivity contribution >= 4 is 22.5 Å². The molecule has 0 atom stereocenters. The molecule has 4 heteroatoms. The van der Waals surface area contributed by atoms with Crippen molar-refractivity contribution in [2.45, 2.75) is 12.8 Å². The topological polar surface area (TPSA) is 37.6 Å². The molecule has 0 unspecified atom stereocenters. The highest BCUT2D eigenvalue weighted by molar-refractivity contribution is 6.05. The monoisotopic (exact) mass is 265 g/mol. The van der Waals surface area contributed by atoms with Gasteiger partial charge in [0.1, 0.15) is 0 Å². The van der Waals surface area contributed by atoms with Crippen LogP contribution in [0.2, 0.25) is 0 Å². The molecule has 0 N–H and O–H groups in total. The molecule has 0 radical (unpaired) electrons. The summed E-state index contributed by atoms with van der Waals surface area (Å²) in [5.74, 6) is 0.104. The number of likely N-dealkylation sites (tertiary alicyclic amines) is 1. The van der Waals surface area contributed by atoms with Gasteiger partial charge in [-0.3, -0.25) is 9.78 Å². The second-order valence-corrected chi connectivity index (χ2v) is 5.23. The Hall–Kier alpha value is -2.36. The molecule has 1 aliphatic rings. The van der Waals surface area contributed by atoms with Crippen LogP contribution in [0.5, 0.6) is 0 Å². The Morgan fingerprint density at radius 3 is 2.80 bits per heavy atom. The zero-order chi connectivity index (χ0) is 13.5. The molecule has 1 amide bonds. The highest BCUT2D eigenvalue weighted by atomic mass is 16.2. The van der Waals surface area contributed by atoms with Crippen molar-refractivity contribution in [1.29, 1.82) is 0 Å². The maximum absolute atomic E-state index is 12.6. The first-order valence-electron chi connectivity index (χ1n) is 6.99. The van der Waals surface area contributed by atoms with Gasteiger partial charge in [-0.15, -0.1) is 0 Å². The van der Waals surface area contributed by atoms with Gasteiger partial charge in [-0.2, -0.15) is 0 Å². The molecule has 3 aromatic rings. The van der Waals surface area contributed by atoms with Gasteiger partial charge in [-0.25, -0.2) is 0 Å². The quantitative estimate of drug-likeness (QED) is 0.678. The van der Waals surface area contributed by atoms with Gasteiger partial charge in [0.25, 0.3) is 5.91 Å². The number of hydrogen-bond acceptors (Lipinski definition) is 2. The Kier molecular flexibility index (Phi) is 2.49. The number of hydrogen-bond donors (Lipinski definition) is 0. The van der Waals surface area contributed by atoms with Gasteiger partial charge in [0, 0.05) is 19.3 Å².